The molecule has 0 atom stereocenters. The maximum absolute atomic E-state index is 11.1. The molecule has 0 radical (unpaired) electrons. The van der Waals surface area contributed by atoms with Crippen molar-refractivity contribution in [3.8, 4) is 0 Å². The first-order valence-electron chi connectivity index (χ1n) is 4.87. The Morgan fingerprint density at radius 3 is 2.67 bits per heavy atom. The molecule has 0 aliphatic carbocycles. The average molecular weight is 288 g/mol. The van der Waals surface area contributed by atoms with Crippen molar-refractivity contribution in [3.05, 3.63) is 34.3 Å². The lowest BCUT2D eigenvalue weighted by Gasteiger charge is -2.03. The van der Waals surface area contributed by atoms with Crippen molar-refractivity contribution >= 4 is 32.9 Å². The molecule has 1 rings (SSSR count). The van der Waals surface area contributed by atoms with Gasteiger partial charge in [-0.1, -0.05) is 46.7 Å². The van der Waals surface area contributed by atoms with Crippen LogP contribution in [0.1, 0.15) is 12.5 Å². The van der Waals surface area contributed by atoms with Crippen molar-refractivity contribution < 1.29 is 4.79 Å². The molecule has 0 bridgehead atoms. The molecule has 15 heavy (non-hydrogen) atoms. The Labute approximate surface area is 103 Å². The summed E-state index contributed by atoms with van der Waals surface area (Å²) in [5.74, 6) is 0.824. The monoisotopic (exact) mass is 287 g/mol. The minimum absolute atomic E-state index is 0.0645. The second-order valence-electron chi connectivity index (χ2n) is 3.02. The van der Waals surface area contributed by atoms with Crippen LogP contribution in [0.3, 0.4) is 0 Å². The predicted octanol–water partition coefficient (Wildman–Crippen LogP) is 3.45. The van der Waals surface area contributed by atoms with Crippen molar-refractivity contribution in [3.63, 3.8) is 0 Å². The summed E-state index contributed by atoms with van der Waals surface area (Å²) in [6.07, 6.45) is 0.878. The van der Waals surface area contributed by atoms with Crippen molar-refractivity contribution in [1.82, 2.24) is 5.32 Å². The highest BCUT2D eigenvalue weighted by molar-refractivity contribution is 9.10. The summed E-state index contributed by atoms with van der Waals surface area (Å²) in [5.41, 5.74) is 1.24. The smallest absolute Gasteiger partial charge is 0.279 e. The van der Waals surface area contributed by atoms with E-state index in [2.05, 4.69) is 33.4 Å². The van der Waals surface area contributed by atoms with E-state index in [1.807, 2.05) is 19.1 Å². The third kappa shape index (κ3) is 5.23. The summed E-state index contributed by atoms with van der Waals surface area (Å²) in [6.45, 7) is 2.67. The van der Waals surface area contributed by atoms with Crippen LogP contribution in [0.2, 0.25) is 0 Å². The second-order valence-corrected chi connectivity index (χ2v) is 5.18. The number of nitrogens with one attached hydrogen (secondary N) is 1. The van der Waals surface area contributed by atoms with Gasteiger partial charge in [0.1, 0.15) is 0 Å². The van der Waals surface area contributed by atoms with Crippen LogP contribution in [0.4, 0.5) is 4.79 Å². The first-order valence-corrected chi connectivity index (χ1v) is 6.65. The Kier molecular flexibility index (Phi) is 5.79. The fourth-order valence-electron chi connectivity index (χ4n) is 1.14. The lowest BCUT2D eigenvalue weighted by molar-refractivity contribution is 0.261. The molecule has 1 aromatic rings. The summed E-state index contributed by atoms with van der Waals surface area (Å²) < 4.78 is 1.08. The molecule has 2 nitrogen and oxygen atoms in total. The number of thioether (sulfide) groups is 1. The third-order valence-corrected chi connectivity index (χ3v) is 3.10. The second kappa shape index (κ2) is 6.90. The Bertz CT molecular complexity index is 313. The van der Waals surface area contributed by atoms with Crippen LogP contribution < -0.4 is 5.32 Å². The van der Waals surface area contributed by atoms with Gasteiger partial charge in [0.05, 0.1) is 0 Å². The summed E-state index contributed by atoms with van der Waals surface area (Å²) in [6, 6.07) is 8.14. The SMILES string of the molecule is CCSC(=O)NCCc1ccc(Br)cc1. The quantitative estimate of drug-likeness (QED) is 0.919. The van der Waals surface area contributed by atoms with Crippen molar-refractivity contribution in [2.45, 2.75) is 13.3 Å². The highest BCUT2D eigenvalue weighted by Gasteiger charge is 1.99. The number of hydrogen-bond acceptors (Lipinski definition) is 2. The first-order chi connectivity index (χ1) is 7.22. The van der Waals surface area contributed by atoms with E-state index >= 15 is 0 Å². The molecule has 0 saturated carbocycles. The fraction of sp³-hybridized carbons (Fsp3) is 0.364. The van der Waals surface area contributed by atoms with Crippen LogP contribution in [0, 0.1) is 0 Å². The van der Waals surface area contributed by atoms with Gasteiger partial charge >= 0.3 is 0 Å². The van der Waals surface area contributed by atoms with Crippen LogP contribution >= 0.6 is 27.7 Å². The van der Waals surface area contributed by atoms with Gasteiger partial charge in [-0.05, 0) is 29.9 Å². The van der Waals surface area contributed by atoms with Crippen molar-refractivity contribution in [1.29, 1.82) is 0 Å². The van der Waals surface area contributed by atoms with Gasteiger partial charge in [-0.2, -0.15) is 0 Å². The van der Waals surface area contributed by atoms with Crippen LogP contribution in [0.25, 0.3) is 0 Å². The molecule has 4 heteroatoms. The molecule has 1 N–H and O–H groups in total. The maximum atomic E-state index is 11.1. The van der Waals surface area contributed by atoms with Gasteiger partial charge in [0.2, 0.25) is 0 Å². The molecule has 82 valence electrons. The zero-order chi connectivity index (χ0) is 11.1. The third-order valence-electron chi connectivity index (χ3n) is 1.87. The van der Waals surface area contributed by atoms with E-state index in [-0.39, 0.29) is 5.24 Å². The molecule has 0 saturated heterocycles. The molecule has 0 aromatic heterocycles. The van der Waals surface area contributed by atoms with Gasteiger partial charge in [0.25, 0.3) is 5.24 Å². The van der Waals surface area contributed by atoms with Gasteiger partial charge in [-0.15, -0.1) is 0 Å². The molecule has 0 heterocycles. The number of benzene rings is 1. The minimum atomic E-state index is 0.0645. The molecule has 0 aliphatic rings. The van der Waals surface area contributed by atoms with E-state index in [1.54, 1.807) is 0 Å². The molecule has 0 unspecified atom stereocenters. The van der Waals surface area contributed by atoms with Gasteiger partial charge < -0.3 is 5.32 Å². The van der Waals surface area contributed by atoms with Crippen molar-refractivity contribution in [2.24, 2.45) is 0 Å². The molecular formula is C11H14BrNOS. The van der Waals surface area contributed by atoms with E-state index in [9.17, 15) is 4.79 Å². The summed E-state index contributed by atoms with van der Waals surface area (Å²) in [7, 11) is 0. The molecule has 0 spiro atoms. The van der Waals surface area contributed by atoms with Gasteiger partial charge in [-0.3, -0.25) is 4.79 Å². The molecule has 1 aromatic carbocycles. The summed E-state index contributed by atoms with van der Waals surface area (Å²) >= 11 is 4.70. The zero-order valence-corrected chi connectivity index (χ0v) is 11.0. The summed E-state index contributed by atoms with van der Waals surface area (Å²) in [5, 5.41) is 2.92. The van der Waals surface area contributed by atoms with E-state index in [0.717, 1.165) is 16.6 Å². The number of rotatable bonds is 4. The van der Waals surface area contributed by atoms with E-state index in [0.29, 0.717) is 6.54 Å². The van der Waals surface area contributed by atoms with Crippen LogP contribution in [-0.2, 0) is 6.42 Å². The number of halogens is 1. The average Bonchev–Trinajstić information content (AvgIpc) is 2.21. The Hall–Kier alpha value is -0.480. The highest BCUT2D eigenvalue weighted by atomic mass is 79.9. The standard InChI is InChI=1S/C11H14BrNOS/c1-2-15-11(14)13-8-7-9-3-5-10(12)6-4-9/h3-6H,2,7-8H2,1H3,(H,13,14). The van der Waals surface area contributed by atoms with Crippen LogP contribution in [0.15, 0.2) is 28.7 Å². The largest absolute Gasteiger partial charge is 0.347 e. The number of carbonyl (C=O) groups is 1. The topological polar surface area (TPSA) is 29.1 Å². The predicted molar refractivity (Wildman–Crippen MR) is 69.4 cm³/mol. The fourth-order valence-corrected chi connectivity index (χ4v) is 1.87. The Morgan fingerprint density at radius 2 is 2.07 bits per heavy atom. The highest BCUT2D eigenvalue weighted by Crippen LogP contribution is 2.10. The van der Waals surface area contributed by atoms with E-state index in [1.165, 1.54) is 17.3 Å². The lowest BCUT2D eigenvalue weighted by Crippen LogP contribution is -2.21. The number of carbonyl (C=O) groups excluding carboxylic acids is 1. The molecule has 1 amide bonds. The normalized spacial score (nSPS) is 10.0. The first kappa shape index (κ1) is 12.6. The van der Waals surface area contributed by atoms with E-state index in [4.69, 9.17) is 0 Å². The van der Waals surface area contributed by atoms with Crippen molar-refractivity contribution in [2.75, 3.05) is 12.3 Å². The Balaban J connectivity index is 2.26. The van der Waals surface area contributed by atoms with Crippen LogP contribution in [0.5, 0.6) is 0 Å². The molecule has 0 aliphatic heterocycles. The van der Waals surface area contributed by atoms with Gasteiger partial charge in [-0.25, -0.2) is 0 Å². The maximum Gasteiger partial charge on any atom is 0.279 e. The molecule has 0 fully saturated rings. The van der Waals surface area contributed by atoms with Gasteiger partial charge in [0, 0.05) is 11.0 Å². The van der Waals surface area contributed by atoms with Crippen LogP contribution in [-0.4, -0.2) is 17.5 Å². The summed E-state index contributed by atoms with van der Waals surface area (Å²) in [4.78, 5) is 11.1. The number of hydrogen-bond donors (Lipinski definition) is 1. The number of amides is 1. The lowest BCUT2D eigenvalue weighted by atomic mass is 10.1. The molecular weight excluding hydrogens is 274 g/mol. The minimum Gasteiger partial charge on any atom is -0.347 e. The van der Waals surface area contributed by atoms with E-state index < -0.39 is 0 Å². The van der Waals surface area contributed by atoms with Gasteiger partial charge in [0.15, 0.2) is 0 Å². The Morgan fingerprint density at radius 1 is 1.40 bits per heavy atom. The zero-order valence-electron chi connectivity index (χ0n) is 8.63.